The Morgan fingerprint density at radius 3 is 2.69 bits per heavy atom. The van der Waals surface area contributed by atoms with Gasteiger partial charge in [-0.15, -0.1) is 0 Å². The van der Waals surface area contributed by atoms with E-state index in [0.29, 0.717) is 60.4 Å². The standard InChI is InChI=1S/C29H30ClN5O4/c30-23-15-31-28(32-21-8-12-39-13-9-21)34-25(23)19-6-7-20-16-35(27(37)22(20)14-19)17-24(36)33-26(29(38)10-11-29)18-4-2-1-3-5-18/h1-7,14-15,21,26,38H,8-13,16-17H2,(H,33,36)(H,31,32,34)/t26-/m0/s1. The summed E-state index contributed by atoms with van der Waals surface area (Å²) < 4.78 is 5.42. The molecular formula is C29H30ClN5O4. The lowest BCUT2D eigenvalue weighted by Gasteiger charge is -2.25. The summed E-state index contributed by atoms with van der Waals surface area (Å²) in [6, 6.07) is 14.7. The molecule has 0 bridgehead atoms. The molecule has 3 aliphatic rings. The zero-order chi connectivity index (χ0) is 27.0. The molecule has 10 heteroatoms. The fourth-order valence-corrected chi connectivity index (χ4v) is 5.47. The summed E-state index contributed by atoms with van der Waals surface area (Å²) in [6.07, 6.45) is 4.57. The van der Waals surface area contributed by atoms with E-state index in [9.17, 15) is 14.7 Å². The van der Waals surface area contributed by atoms with Crippen LogP contribution in [0.5, 0.6) is 0 Å². The number of ether oxygens (including phenoxy) is 1. The number of hydrogen-bond acceptors (Lipinski definition) is 7. The maximum absolute atomic E-state index is 13.3. The van der Waals surface area contributed by atoms with Crippen molar-refractivity contribution in [3.05, 3.63) is 76.4 Å². The number of nitrogens with zero attached hydrogens (tertiary/aromatic N) is 3. The third-order valence-electron chi connectivity index (χ3n) is 7.63. The third-order valence-corrected chi connectivity index (χ3v) is 7.91. The fraction of sp³-hybridized carbons (Fsp3) is 0.379. The normalized spacial score (nSPS) is 18.9. The highest BCUT2D eigenvalue weighted by Crippen LogP contribution is 2.45. The van der Waals surface area contributed by atoms with Crippen LogP contribution in [0.25, 0.3) is 11.3 Å². The summed E-state index contributed by atoms with van der Waals surface area (Å²) in [5.41, 5.74) is 2.50. The molecule has 1 aromatic heterocycles. The second-order valence-corrected chi connectivity index (χ2v) is 10.9. The number of carbonyl (C=O) groups is 2. The zero-order valence-electron chi connectivity index (χ0n) is 21.4. The molecule has 39 heavy (non-hydrogen) atoms. The Kier molecular flexibility index (Phi) is 6.97. The van der Waals surface area contributed by atoms with E-state index in [1.165, 1.54) is 4.90 Å². The summed E-state index contributed by atoms with van der Waals surface area (Å²) in [4.78, 5) is 36.8. The molecule has 2 fully saturated rings. The Bertz CT molecular complexity index is 1390. The lowest BCUT2D eigenvalue weighted by Crippen LogP contribution is -2.43. The first-order valence-corrected chi connectivity index (χ1v) is 13.6. The van der Waals surface area contributed by atoms with Crippen molar-refractivity contribution in [1.29, 1.82) is 0 Å². The molecule has 2 aromatic carbocycles. The minimum atomic E-state index is -0.945. The predicted molar refractivity (Wildman–Crippen MR) is 146 cm³/mol. The van der Waals surface area contributed by atoms with Crippen molar-refractivity contribution in [3.8, 4) is 11.3 Å². The van der Waals surface area contributed by atoms with Crippen molar-refractivity contribution in [2.24, 2.45) is 0 Å². The van der Waals surface area contributed by atoms with Crippen molar-refractivity contribution in [2.75, 3.05) is 25.1 Å². The van der Waals surface area contributed by atoms with E-state index in [1.54, 1.807) is 12.3 Å². The van der Waals surface area contributed by atoms with Crippen molar-refractivity contribution >= 4 is 29.4 Å². The number of amides is 2. The molecule has 1 atom stereocenters. The van der Waals surface area contributed by atoms with Crippen LogP contribution in [0.3, 0.4) is 0 Å². The van der Waals surface area contributed by atoms with Crippen LogP contribution in [0.2, 0.25) is 5.02 Å². The summed E-state index contributed by atoms with van der Waals surface area (Å²) in [5.74, 6) is -0.0564. The number of aliphatic hydroxyl groups is 1. The van der Waals surface area contributed by atoms with Crippen molar-refractivity contribution in [3.63, 3.8) is 0 Å². The van der Waals surface area contributed by atoms with Gasteiger partial charge < -0.3 is 25.4 Å². The summed E-state index contributed by atoms with van der Waals surface area (Å²) in [5, 5.41) is 17.5. The molecule has 2 aliphatic heterocycles. The molecule has 1 aliphatic carbocycles. The molecule has 9 nitrogen and oxygen atoms in total. The third kappa shape index (κ3) is 5.48. The Hall–Kier alpha value is -3.53. The molecule has 3 N–H and O–H groups in total. The number of rotatable bonds is 8. The van der Waals surface area contributed by atoms with Gasteiger partial charge in [0, 0.05) is 36.9 Å². The summed E-state index contributed by atoms with van der Waals surface area (Å²) in [6.45, 7) is 1.63. The van der Waals surface area contributed by atoms with E-state index in [1.807, 2.05) is 42.5 Å². The summed E-state index contributed by atoms with van der Waals surface area (Å²) >= 11 is 6.46. The van der Waals surface area contributed by atoms with Crippen LogP contribution in [0, 0.1) is 0 Å². The van der Waals surface area contributed by atoms with E-state index >= 15 is 0 Å². The number of benzene rings is 2. The van der Waals surface area contributed by atoms with E-state index in [0.717, 1.165) is 24.0 Å². The van der Waals surface area contributed by atoms with Gasteiger partial charge in [0.05, 0.1) is 28.6 Å². The minimum absolute atomic E-state index is 0.101. The van der Waals surface area contributed by atoms with Gasteiger partial charge in [-0.25, -0.2) is 9.97 Å². The van der Waals surface area contributed by atoms with E-state index in [2.05, 4.69) is 20.6 Å². The van der Waals surface area contributed by atoms with Crippen molar-refractivity contribution < 1.29 is 19.4 Å². The van der Waals surface area contributed by atoms with E-state index in [4.69, 9.17) is 16.3 Å². The number of hydrogen-bond donors (Lipinski definition) is 3. The van der Waals surface area contributed by atoms with Crippen LogP contribution in [0.15, 0.2) is 54.7 Å². The Labute approximate surface area is 231 Å². The van der Waals surface area contributed by atoms with Gasteiger partial charge >= 0.3 is 0 Å². The van der Waals surface area contributed by atoms with Crippen LogP contribution in [-0.2, 0) is 16.1 Å². The Morgan fingerprint density at radius 1 is 1.18 bits per heavy atom. The van der Waals surface area contributed by atoms with Gasteiger partial charge in [0.2, 0.25) is 11.9 Å². The number of carbonyl (C=O) groups excluding carboxylic acids is 2. The van der Waals surface area contributed by atoms with Gasteiger partial charge in [0.1, 0.15) is 6.54 Å². The fourth-order valence-electron chi connectivity index (χ4n) is 5.27. The van der Waals surface area contributed by atoms with Crippen LogP contribution in [0.4, 0.5) is 5.95 Å². The largest absolute Gasteiger partial charge is 0.387 e. The molecule has 1 saturated carbocycles. The van der Waals surface area contributed by atoms with E-state index < -0.39 is 11.6 Å². The number of halogens is 1. The smallest absolute Gasteiger partial charge is 0.254 e. The van der Waals surface area contributed by atoms with E-state index in [-0.39, 0.29) is 24.4 Å². The first-order chi connectivity index (χ1) is 18.9. The molecule has 6 rings (SSSR count). The molecule has 0 spiro atoms. The molecule has 0 unspecified atom stereocenters. The first-order valence-electron chi connectivity index (χ1n) is 13.3. The predicted octanol–water partition coefficient (Wildman–Crippen LogP) is 3.73. The highest BCUT2D eigenvalue weighted by Gasteiger charge is 2.49. The maximum Gasteiger partial charge on any atom is 0.254 e. The van der Waals surface area contributed by atoms with Crippen LogP contribution in [-0.4, -0.2) is 63.2 Å². The molecule has 3 aromatic rings. The quantitative estimate of drug-likeness (QED) is 0.393. The number of anilines is 1. The lowest BCUT2D eigenvalue weighted by atomic mass is 9.99. The lowest BCUT2D eigenvalue weighted by molar-refractivity contribution is -0.123. The molecule has 2 amide bonds. The van der Waals surface area contributed by atoms with Crippen molar-refractivity contribution in [2.45, 2.75) is 49.9 Å². The van der Waals surface area contributed by atoms with Gasteiger partial charge in [-0.05, 0) is 42.9 Å². The van der Waals surface area contributed by atoms with Crippen molar-refractivity contribution in [1.82, 2.24) is 20.2 Å². The second kappa shape index (κ2) is 10.6. The van der Waals surface area contributed by atoms with Gasteiger partial charge in [-0.3, -0.25) is 9.59 Å². The van der Waals surface area contributed by atoms with Gasteiger partial charge in [0.15, 0.2) is 0 Å². The second-order valence-electron chi connectivity index (χ2n) is 10.5. The first kappa shape index (κ1) is 25.7. The molecule has 202 valence electrons. The average Bonchev–Trinajstić information content (AvgIpc) is 3.63. The van der Waals surface area contributed by atoms with Crippen LogP contribution in [0.1, 0.15) is 53.2 Å². The highest BCUT2D eigenvalue weighted by molar-refractivity contribution is 6.33. The molecule has 1 saturated heterocycles. The van der Waals surface area contributed by atoms with Gasteiger partial charge in [-0.1, -0.05) is 54.1 Å². The summed E-state index contributed by atoms with van der Waals surface area (Å²) in [7, 11) is 0. The minimum Gasteiger partial charge on any atom is -0.387 e. The Morgan fingerprint density at radius 2 is 1.95 bits per heavy atom. The molecule has 3 heterocycles. The number of fused-ring (bicyclic) bond motifs is 1. The van der Waals surface area contributed by atoms with Crippen LogP contribution < -0.4 is 10.6 Å². The molecular weight excluding hydrogens is 518 g/mol. The zero-order valence-corrected chi connectivity index (χ0v) is 22.2. The monoisotopic (exact) mass is 547 g/mol. The topological polar surface area (TPSA) is 117 Å². The SMILES string of the molecule is O=C(CN1Cc2ccc(-c3nc(NC4CCOCC4)ncc3Cl)cc2C1=O)N[C@@H](c1ccccc1)C1(O)CC1. The highest BCUT2D eigenvalue weighted by atomic mass is 35.5. The number of aromatic nitrogens is 2. The van der Waals surface area contributed by atoms with Gasteiger partial charge in [-0.2, -0.15) is 0 Å². The average molecular weight is 548 g/mol. The maximum atomic E-state index is 13.3. The van der Waals surface area contributed by atoms with Gasteiger partial charge in [0.25, 0.3) is 5.91 Å². The van der Waals surface area contributed by atoms with Crippen LogP contribution >= 0.6 is 11.6 Å². The number of nitrogens with one attached hydrogen (secondary N) is 2. The Balaban J connectivity index is 1.15. The molecule has 0 radical (unpaired) electrons.